The molecule has 0 aromatic heterocycles. The Kier molecular flexibility index (Phi) is 16.9. The van der Waals surface area contributed by atoms with Gasteiger partial charge in [0, 0.05) is 0 Å². The third-order valence-electron chi connectivity index (χ3n) is 0.930. The molecule has 0 heterocycles. The van der Waals surface area contributed by atoms with Crippen molar-refractivity contribution < 1.29 is 91.7 Å². The van der Waals surface area contributed by atoms with Crippen LogP contribution >= 0.6 is 0 Å². The third kappa shape index (κ3) is 69.1. The zero-order valence-corrected chi connectivity index (χ0v) is 16.9. The Morgan fingerprint density at radius 3 is 0.840 bits per heavy atom. The monoisotopic (exact) mass is 526 g/mol. The van der Waals surface area contributed by atoms with Gasteiger partial charge in [0.05, 0.1) is 0 Å². The molecule has 0 aliphatic rings. The Morgan fingerprint density at radius 1 is 0.600 bits per heavy atom. The molecule has 0 saturated heterocycles. The molecule has 0 aliphatic carbocycles. The van der Waals surface area contributed by atoms with Gasteiger partial charge in [-0.2, -0.15) is 12.1 Å². The summed E-state index contributed by atoms with van der Waals surface area (Å²) in [5, 5.41) is 0. The van der Waals surface area contributed by atoms with E-state index in [-0.39, 0.29) is 31.1 Å². The minimum atomic E-state index is -4.92. The number of rotatable bonds is 1. The van der Waals surface area contributed by atoms with E-state index in [0.717, 1.165) is 0 Å². The summed E-state index contributed by atoms with van der Waals surface area (Å²) < 4.78 is 127. The minimum Gasteiger partial charge on any atom is -0.726 e. The maximum atomic E-state index is 10.2. The van der Waals surface area contributed by atoms with Crippen LogP contribution in [-0.2, 0) is 67.5 Å². The molecule has 0 aliphatic heterocycles. The van der Waals surface area contributed by atoms with E-state index in [1.165, 1.54) is 12.1 Å². The second kappa shape index (κ2) is 13.0. The van der Waals surface area contributed by atoms with E-state index in [2.05, 4.69) is 0 Å². The van der Waals surface area contributed by atoms with Crippen molar-refractivity contribution in [3.63, 3.8) is 0 Å². The van der Waals surface area contributed by atoms with Crippen LogP contribution in [0, 0.1) is 0 Å². The van der Waals surface area contributed by atoms with Gasteiger partial charge in [-0.25, -0.2) is 45.8 Å². The van der Waals surface area contributed by atoms with Gasteiger partial charge in [-0.1, -0.05) is 0 Å². The SMILES string of the molecule is O=S(=O)(O)[c-]1cccc1.O=S(=O)([O-])O.O=S(=O)([O-])O.O=S(=O)([O-])O.[Zr+4]. The van der Waals surface area contributed by atoms with Gasteiger partial charge in [0.15, 0.2) is 0 Å². The molecule has 4 N–H and O–H groups in total. The molecule has 0 spiro atoms. The van der Waals surface area contributed by atoms with Crippen LogP contribution in [0.3, 0.4) is 0 Å². The first kappa shape index (κ1) is 32.4. The van der Waals surface area contributed by atoms with Gasteiger partial charge in [0.2, 0.25) is 41.3 Å². The van der Waals surface area contributed by atoms with Crippen molar-refractivity contribution in [1.82, 2.24) is 0 Å². The van der Waals surface area contributed by atoms with Gasteiger partial charge in [0.1, 0.15) is 0 Å². The molecular weight excluding hydrogens is 520 g/mol. The molecule has 0 radical (unpaired) electrons. The van der Waals surface area contributed by atoms with Gasteiger partial charge >= 0.3 is 26.2 Å². The second-order valence-corrected chi connectivity index (χ2v) is 6.87. The fraction of sp³-hybridized carbons (Fsp3) is 0. The molecule has 20 heteroatoms. The Hall–Kier alpha value is -0.247. The molecule has 0 fully saturated rings. The van der Waals surface area contributed by atoms with Crippen LogP contribution in [0.4, 0.5) is 0 Å². The smallest absolute Gasteiger partial charge is 0.726 e. The van der Waals surface area contributed by atoms with Gasteiger partial charge in [-0.3, -0.25) is 18.2 Å². The maximum Gasteiger partial charge on any atom is 4.00 e. The van der Waals surface area contributed by atoms with E-state index >= 15 is 0 Å². The van der Waals surface area contributed by atoms with Crippen molar-refractivity contribution in [2.45, 2.75) is 4.90 Å². The molecule has 0 saturated carbocycles. The van der Waals surface area contributed by atoms with Gasteiger partial charge < -0.3 is 13.7 Å². The van der Waals surface area contributed by atoms with Crippen LogP contribution in [0.5, 0.6) is 0 Å². The van der Waals surface area contributed by atoms with Gasteiger partial charge in [-0.15, -0.1) is 0 Å². The minimum absolute atomic E-state index is 0. The molecule has 15 nitrogen and oxygen atoms in total. The summed E-state index contributed by atoms with van der Waals surface area (Å²) in [4.78, 5) is -0.0532. The van der Waals surface area contributed by atoms with Gasteiger partial charge in [0.25, 0.3) is 0 Å². The average Bonchev–Trinajstić information content (AvgIpc) is 2.58. The van der Waals surface area contributed by atoms with Crippen molar-refractivity contribution in [2.24, 2.45) is 0 Å². The van der Waals surface area contributed by atoms with Crippen molar-refractivity contribution >= 4 is 41.3 Å². The molecule has 25 heavy (non-hydrogen) atoms. The Labute approximate surface area is 161 Å². The third-order valence-corrected chi connectivity index (χ3v) is 1.80. The fourth-order valence-electron chi connectivity index (χ4n) is 0.528. The van der Waals surface area contributed by atoms with Crippen LogP contribution in [0.15, 0.2) is 29.2 Å². The van der Waals surface area contributed by atoms with Crippen molar-refractivity contribution in [2.75, 3.05) is 0 Å². The van der Waals surface area contributed by atoms with E-state index < -0.39 is 41.3 Å². The molecule has 0 atom stereocenters. The van der Waals surface area contributed by atoms with Gasteiger partial charge in [-0.05, 0) is 4.90 Å². The molecule has 1 rings (SSSR count). The molecule has 146 valence electrons. The zero-order chi connectivity index (χ0) is 20.4. The molecular formula is C5H8O15S4Zr. The standard InChI is InChI=1S/C5H5O3S.3H2O4S.Zr/c6-9(7,8)5-3-1-2-4-5;3*1-5(2,3)4;/h1-4H,(H,6,7,8);3*(H2,1,2,3,4);/q-1;;;;+4/p-3. The van der Waals surface area contributed by atoms with Crippen molar-refractivity contribution in [1.29, 1.82) is 0 Å². The normalized spacial score (nSPS) is 11.2. The first-order valence-corrected chi connectivity index (χ1v) is 9.88. The summed E-state index contributed by atoms with van der Waals surface area (Å²) in [6.45, 7) is 0. The first-order chi connectivity index (χ1) is 10.1. The van der Waals surface area contributed by atoms with E-state index in [1.54, 1.807) is 12.1 Å². The molecule has 1 aromatic carbocycles. The summed E-state index contributed by atoms with van der Waals surface area (Å²) in [5.74, 6) is 0. The van der Waals surface area contributed by atoms with Crippen LogP contribution in [0.2, 0.25) is 0 Å². The predicted octanol–water partition coefficient (Wildman–Crippen LogP) is -2.34. The number of hydrogen-bond acceptors (Lipinski definition) is 11. The van der Waals surface area contributed by atoms with Crippen molar-refractivity contribution in [3.05, 3.63) is 24.3 Å². The first-order valence-electron chi connectivity index (χ1n) is 4.35. The van der Waals surface area contributed by atoms with E-state index in [4.69, 9.17) is 57.1 Å². The van der Waals surface area contributed by atoms with Crippen LogP contribution in [-0.4, -0.2) is 65.5 Å². The topological polar surface area (TPSA) is 287 Å². The molecule has 0 bridgehead atoms. The Balaban J connectivity index is -0.000000122. The van der Waals surface area contributed by atoms with Crippen LogP contribution in [0.25, 0.3) is 0 Å². The zero-order valence-electron chi connectivity index (χ0n) is 11.2. The summed E-state index contributed by atoms with van der Waals surface area (Å²) in [7, 11) is -18.7. The fourth-order valence-corrected chi connectivity index (χ4v) is 1.03. The van der Waals surface area contributed by atoms with E-state index in [0.29, 0.717) is 0 Å². The molecule has 0 unspecified atom stereocenters. The molecule has 1 aromatic rings. The van der Waals surface area contributed by atoms with E-state index in [9.17, 15) is 8.42 Å². The largest absolute Gasteiger partial charge is 4.00 e. The van der Waals surface area contributed by atoms with Crippen LogP contribution in [0.1, 0.15) is 0 Å². The summed E-state index contributed by atoms with van der Waals surface area (Å²) in [5.41, 5.74) is 0. The van der Waals surface area contributed by atoms with E-state index in [1.807, 2.05) is 0 Å². The summed E-state index contributed by atoms with van der Waals surface area (Å²) >= 11 is 0. The molecule has 0 amide bonds. The van der Waals surface area contributed by atoms with Crippen LogP contribution < -0.4 is 0 Å². The Morgan fingerprint density at radius 2 is 0.760 bits per heavy atom. The predicted molar refractivity (Wildman–Crippen MR) is 68.8 cm³/mol. The Bertz CT molecular complexity index is 764. The average molecular weight is 528 g/mol. The number of hydrogen-bond donors (Lipinski definition) is 4. The maximum absolute atomic E-state index is 10.2. The second-order valence-electron chi connectivity index (χ2n) is 2.88. The quantitative estimate of drug-likeness (QED) is 0.169. The van der Waals surface area contributed by atoms with Crippen molar-refractivity contribution in [3.8, 4) is 0 Å². The summed E-state index contributed by atoms with van der Waals surface area (Å²) in [6, 6.07) is 5.75. The summed E-state index contributed by atoms with van der Waals surface area (Å²) in [6.07, 6.45) is 0.